The quantitative estimate of drug-likeness (QED) is 0.284. The van der Waals surface area contributed by atoms with Crippen LogP contribution in [0.1, 0.15) is 22.3 Å². The second-order valence-corrected chi connectivity index (χ2v) is 7.84. The van der Waals surface area contributed by atoms with Crippen molar-refractivity contribution in [3.63, 3.8) is 0 Å². The van der Waals surface area contributed by atoms with E-state index in [1.165, 1.54) is 10.9 Å². The van der Waals surface area contributed by atoms with Gasteiger partial charge in [0.05, 0.1) is 17.6 Å². The zero-order valence-electron chi connectivity index (χ0n) is 16.9. The van der Waals surface area contributed by atoms with Crippen molar-refractivity contribution in [2.45, 2.75) is 24.5 Å². The second kappa shape index (κ2) is 7.08. The summed E-state index contributed by atoms with van der Waals surface area (Å²) in [5.41, 5.74) is 8.60. The third-order valence-corrected chi connectivity index (χ3v) is 6.00. The number of nitrogen functional groups attached to an aromatic ring is 1. The molecule has 4 unspecified atom stereocenters. The van der Waals surface area contributed by atoms with Crippen molar-refractivity contribution in [3.8, 4) is 22.6 Å². The van der Waals surface area contributed by atoms with E-state index in [9.17, 15) is 20.1 Å². The van der Waals surface area contributed by atoms with Crippen molar-refractivity contribution in [2.24, 2.45) is 0 Å². The molecule has 166 valence electrons. The highest BCUT2D eigenvalue weighted by Gasteiger charge is 2.44. The molecule has 1 saturated heterocycles. The third kappa shape index (κ3) is 2.72. The number of hydrogen-bond donors (Lipinski definition) is 4. The number of rotatable bonds is 3. The molecule has 4 atom stereocenters. The maximum absolute atomic E-state index is 12.6. The fraction of sp³-hybridized carbons (Fsp3) is 0.238. The molecule has 0 amide bonds. The molecule has 1 aliphatic heterocycles. The molecule has 6 rings (SSSR count). The standard InChI is InChI=1S/C21H17N7O5/c22-18-12-10(19-25-13-8-3-1-2-4-9(8)15(30)14(13)26-27-19)5-28(20(12)24-7-23-18)21-17(32)16(31)11(6-29)33-21/h1-5,7,11,16-17,21,29,31-32H,6H2,(H2,22,23,24). The number of hydrogen-bond acceptors (Lipinski definition) is 11. The molecule has 0 saturated carbocycles. The molecule has 2 aliphatic rings. The number of nitrogens with two attached hydrogens (primary N) is 1. The minimum absolute atomic E-state index is 0.140. The van der Waals surface area contributed by atoms with Gasteiger partial charge in [-0.25, -0.2) is 15.0 Å². The smallest absolute Gasteiger partial charge is 0.216 e. The topological polar surface area (TPSA) is 182 Å². The van der Waals surface area contributed by atoms with Crippen LogP contribution in [0, 0.1) is 0 Å². The molecule has 33 heavy (non-hydrogen) atoms. The molecule has 1 fully saturated rings. The lowest BCUT2D eigenvalue weighted by molar-refractivity contribution is -0.0508. The average Bonchev–Trinajstić information content (AvgIpc) is 3.45. The Morgan fingerprint density at radius 2 is 1.82 bits per heavy atom. The Balaban J connectivity index is 1.54. The SMILES string of the molecule is Nc1ncnc2c1c(-c1nnc3c(n1)-c1ccccc1C3=O)cn2C1OC(CO)C(O)C1O. The minimum Gasteiger partial charge on any atom is -0.394 e. The first-order valence-electron chi connectivity index (χ1n) is 10.1. The Kier molecular flexibility index (Phi) is 4.25. The van der Waals surface area contributed by atoms with Gasteiger partial charge < -0.3 is 30.4 Å². The van der Waals surface area contributed by atoms with Crippen molar-refractivity contribution in [1.29, 1.82) is 0 Å². The van der Waals surface area contributed by atoms with E-state index < -0.39 is 31.1 Å². The number of benzene rings is 1. The highest BCUT2D eigenvalue weighted by atomic mass is 16.6. The van der Waals surface area contributed by atoms with Crippen molar-refractivity contribution >= 4 is 22.6 Å². The van der Waals surface area contributed by atoms with Crippen LogP contribution in [0.5, 0.6) is 0 Å². The minimum atomic E-state index is -1.33. The van der Waals surface area contributed by atoms with Gasteiger partial charge in [-0.05, 0) is 0 Å². The first-order chi connectivity index (χ1) is 16.0. The Morgan fingerprint density at radius 3 is 2.58 bits per heavy atom. The highest BCUT2D eigenvalue weighted by Crippen LogP contribution is 2.39. The van der Waals surface area contributed by atoms with Crippen molar-refractivity contribution < 1.29 is 24.9 Å². The number of aromatic nitrogens is 6. The van der Waals surface area contributed by atoms with E-state index in [1.54, 1.807) is 24.4 Å². The number of nitrogens with zero attached hydrogens (tertiary/aromatic N) is 6. The summed E-state index contributed by atoms with van der Waals surface area (Å²) in [6.07, 6.45) is -1.80. The van der Waals surface area contributed by atoms with E-state index in [1.807, 2.05) is 6.07 Å². The number of fused-ring (bicyclic) bond motifs is 4. The van der Waals surface area contributed by atoms with E-state index in [4.69, 9.17) is 10.5 Å². The summed E-state index contributed by atoms with van der Waals surface area (Å²) in [6.45, 7) is -0.469. The number of carbonyl (C=O) groups is 1. The maximum atomic E-state index is 12.6. The molecule has 12 nitrogen and oxygen atoms in total. The van der Waals surface area contributed by atoms with Crippen molar-refractivity contribution in [2.75, 3.05) is 12.3 Å². The van der Waals surface area contributed by atoms with Gasteiger partial charge in [-0.3, -0.25) is 4.79 Å². The predicted molar refractivity (Wildman–Crippen MR) is 113 cm³/mol. The summed E-state index contributed by atoms with van der Waals surface area (Å²) in [7, 11) is 0. The molecule has 4 heterocycles. The van der Waals surface area contributed by atoms with Gasteiger partial charge in [-0.15, -0.1) is 10.2 Å². The molecule has 0 bridgehead atoms. The summed E-state index contributed by atoms with van der Waals surface area (Å²) in [6, 6.07) is 7.07. The van der Waals surface area contributed by atoms with Gasteiger partial charge in [0, 0.05) is 17.3 Å². The zero-order valence-corrected chi connectivity index (χ0v) is 16.9. The van der Waals surface area contributed by atoms with Gasteiger partial charge in [-0.2, -0.15) is 0 Å². The van der Waals surface area contributed by atoms with Crippen LogP contribution in [-0.4, -0.2) is 75.7 Å². The molecular weight excluding hydrogens is 430 g/mol. The lowest BCUT2D eigenvalue weighted by Gasteiger charge is -2.17. The summed E-state index contributed by atoms with van der Waals surface area (Å²) < 4.78 is 7.15. The monoisotopic (exact) mass is 447 g/mol. The molecule has 1 aliphatic carbocycles. The van der Waals surface area contributed by atoms with Crippen LogP contribution < -0.4 is 5.73 Å². The van der Waals surface area contributed by atoms with E-state index in [2.05, 4.69) is 25.1 Å². The van der Waals surface area contributed by atoms with Crippen LogP contribution in [0.3, 0.4) is 0 Å². The highest BCUT2D eigenvalue weighted by molar-refractivity contribution is 6.19. The van der Waals surface area contributed by atoms with E-state index in [-0.39, 0.29) is 23.1 Å². The van der Waals surface area contributed by atoms with Crippen LogP contribution in [0.25, 0.3) is 33.7 Å². The Bertz CT molecular complexity index is 1440. The molecule has 4 aromatic rings. The molecular formula is C21H17N7O5. The summed E-state index contributed by atoms with van der Waals surface area (Å²) in [5, 5.41) is 38.8. The second-order valence-electron chi connectivity index (χ2n) is 7.84. The molecule has 5 N–H and O–H groups in total. The van der Waals surface area contributed by atoms with Crippen LogP contribution in [0.15, 0.2) is 36.8 Å². The van der Waals surface area contributed by atoms with Gasteiger partial charge in [0.15, 0.2) is 17.7 Å². The number of carbonyl (C=O) groups excluding carboxylic acids is 1. The predicted octanol–water partition coefficient (Wildman–Crippen LogP) is -0.312. The number of aliphatic hydroxyl groups is 3. The van der Waals surface area contributed by atoms with Gasteiger partial charge in [0.25, 0.3) is 0 Å². The van der Waals surface area contributed by atoms with Gasteiger partial charge >= 0.3 is 0 Å². The van der Waals surface area contributed by atoms with Gasteiger partial charge in [0.2, 0.25) is 5.78 Å². The Morgan fingerprint density at radius 1 is 1.03 bits per heavy atom. The lowest BCUT2D eigenvalue weighted by Crippen LogP contribution is -2.33. The normalized spacial score (nSPS) is 23.8. The summed E-state index contributed by atoms with van der Waals surface area (Å²) >= 11 is 0. The first-order valence-corrected chi connectivity index (χ1v) is 10.1. The number of ether oxygens (including phenoxy) is 1. The number of aliphatic hydroxyl groups excluding tert-OH is 3. The third-order valence-electron chi connectivity index (χ3n) is 6.00. The van der Waals surface area contributed by atoms with Crippen LogP contribution in [-0.2, 0) is 4.74 Å². The van der Waals surface area contributed by atoms with E-state index in [0.717, 1.165) is 0 Å². The molecule has 12 heteroatoms. The lowest BCUT2D eigenvalue weighted by atomic mass is 10.1. The van der Waals surface area contributed by atoms with E-state index >= 15 is 0 Å². The largest absolute Gasteiger partial charge is 0.394 e. The summed E-state index contributed by atoms with van der Waals surface area (Å²) in [4.78, 5) is 25.6. The maximum Gasteiger partial charge on any atom is 0.216 e. The first kappa shape index (κ1) is 19.8. The molecule has 0 radical (unpaired) electrons. The Labute approximate surface area is 185 Å². The van der Waals surface area contributed by atoms with Crippen LogP contribution in [0.2, 0.25) is 0 Å². The fourth-order valence-corrected chi connectivity index (χ4v) is 4.38. The van der Waals surface area contributed by atoms with Crippen LogP contribution in [0.4, 0.5) is 5.82 Å². The fourth-order valence-electron chi connectivity index (χ4n) is 4.38. The van der Waals surface area contributed by atoms with Gasteiger partial charge in [0.1, 0.15) is 41.8 Å². The van der Waals surface area contributed by atoms with Gasteiger partial charge in [-0.1, -0.05) is 24.3 Å². The average molecular weight is 447 g/mol. The molecule has 0 spiro atoms. The van der Waals surface area contributed by atoms with Crippen molar-refractivity contribution in [3.05, 3.63) is 48.0 Å². The van der Waals surface area contributed by atoms with Crippen LogP contribution >= 0.6 is 0 Å². The zero-order chi connectivity index (χ0) is 22.9. The molecule has 3 aromatic heterocycles. The van der Waals surface area contributed by atoms with E-state index in [0.29, 0.717) is 33.4 Å². The Hall–Kier alpha value is -3.84. The molecule has 1 aromatic carbocycles. The summed E-state index contributed by atoms with van der Waals surface area (Å²) in [5.74, 6) is 0.0697. The number of anilines is 1. The van der Waals surface area contributed by atoms with Crippen molar-refractivity contribution in [1.82, 2.24) is 29.7 Å². The number of ketones is 1.